The summed E-state index contributed by atoms with van der Waals surface area (Å²) in [5, 5.41) is 8.79. The van der Waals surface area contributed by atoms with Gasteiger partial charge in [-0.25, -0.2) is 4.79 Å². The minimum absolute atomic E-state index is 0.380. The highest BCUT2D eigenvalue weighted by molar-refractivity contribution is 14.1. The van der Waals surface area contributed by atoms with Crippen molar-refractivity contribution in [2.45, 2.75) is 19.8 Å². The topological polar surface area (TPSA) is 37.3 Å². The number of aromatic carboxylic acids is 1. The van der Waals surface area contributed by atoms with E-state index in [2.05, 4.69) is 36.4 Å². The van der Waals surface area contributed by atoms with Crippen LogP contribution in [-0.2, 0) is 0 Å². The lowest BCUT2D eigenvalue weighted by atomic mass is 10.0. The molecule has 0 spiro atoms. The number of benzene rings is 1. The van der Waals surface area contributed by atoms with E-state index in [1.807, 2.05) is 12.1 Å². The van der Waals surface area contributed by atoms with E-state index in [9.17, 15) is 4.79 Å². The molecule has 1 rings (SSSR count). The first-order chi connectivity index (χ1) is 6.02. The van der Waals surface area contributed by atoms with Crippen LogP contribution in [0.1, 0.15) is 35.7 Å². The summed E-state index contributed by atoms with van der Waals surface area (Å²) in [6.07, 6.45) is 0. The Bertz CT molecular complexity index is 332. The lowest BCUT2D eigenvalue weighted by molar-refractivity contribution is 0.0695. The molecule has 1 aromatic rings. The summed E-state index contributed by atoms with van der Waals surface area (Å²) in [6.45, 7) is 4.18. The fraction of sp³-hybridized carbons (Fsp3) is 0.300. The summed E-state index contributed by atoms with van der Waals surface area (Å²) in [6, 6.07) is 5.46. The van der Waals surface area contributed by atoms with Crippen LogP contribution in [0.2, 0.25) is 0 Å². The van der Waals surface area contributed by atoms with Gasteiger partial charge in [0.05, 0.1) is 5.56 Å². The smallest absolute Gasteiger partial charge is 0.336 e. The third-order valence-electron chi connectivity index (χ3n) is 1.89. The maximum absolute atomic E-state index is 10.7. The van der Waals surface area contributed by atoms with Gasteiger partial charge >= 0.3 is 5.97 Å². The minimum atomic E-state index is -0.861. The van der Waals surface area contributed by atoms with Crippen LogP contribution >= 0.6 is 22.6 Å². The third kappa shape index (κ3) is 2.43. The first-order valence-corrected chi connectivity index (χ1v) is 5.13. The second-order valence-corrected chi connectivity index (χ2v) is 4.36. The quantitative estimate of drug-likeness (QED) is 0.850. The van der Waals surface area contributed by atoms with E-state index in [-0.39, 0.29) is 0 Å². The molecule has 0 fully saturated rings. The normalized spacial score (nSPS) is 10.5. The molecule has 0 unspecified atom stereocenters. The fourth-order valence-electron chi connectivity index (χ4n) is 1.06. The highest BCUT2D eigenvalue weighted by Gasteiger charge is 2.09. The molecule has 0 aliphatic carbocycles. The van der Waals surface area contributed by atoms with E-state index in [4.69, 9.17) is 5.11 Å². The first kappa shape index (κ1) is 10.5. The second-order valence-electron chi connectivity index (χ2n) is 3.20. The van der Waals surface area contributed by atoms with Gasteiger partial charge in [-0.1, -0.05) is 19.9 Å². The van der Waals surface area contributed by atoms with Crippen LogP contribution in [0, 0.1) is 3.57 Å². The van der Waals surface area contributed by atoms with Crippen molar-refractivity contribution in [3.63, 3.8) is 0 Å². The van der Waals surface area contributed by atoms with Gasteiger partial charge < -0.3 is 5.11 Å². The maximum atomic E-state index is 10.7. The zero-order valence-electron chi connectivity index (χ0n) is 7.54. The van der Waals surface area contributed by atoms with E-state index in [1.165, 1.54) is 5.56 Å². The van der Waals surface area contributed by atoms with Crippen molar-refractivity contribution in [2.24, 2.45) is 0 Å². The van der Waals surface area contributed by atoms with Crippen LogP contribution in [0.15, 0.2) is 18.2 Å². The minimum Gasteiger partial charge on any atom is -0.478 e. The van der Waals surface area contributed by atoms with Crippen molar-refractivity contribution in [1.29, 1.82) is 0 Å². The summed E-state index contributed by atoms with van der Waals surface area (Å²) in [7, 11) is 0. The van der Waals surface area contributed by atoms with E-state index in [0.29, 0.717) is 11.5 Å². The van der Waals surface area contributed by atoms with E-state index in [0.717, 1.165) is 3.57 Å². The van der Waals surface area contributed by atoms with Gasteiger partial charge in [-0.2, -0.15) is 0 Å². The standard InChI is InChI=1S/C10H11IO2/c1-6(2)7-3-4-8(10(12)13)9(11)5-7/h3-6H,1-2H3,(H,12,13). The number of rotatable bonds is 2. The summed E-state index contributed by atoms with van der Waals surface area (Å²) in [5.41, 5.74) is 1.56. The molecule has 0 aromatic heterocycles. The van der Waals surface area contributed by atoms with Crippen LogP contribution in [0.5, 0.6) is 0 Å². The Balaban J connectivity index is 3.13. The van der Waals surface area contributed by atoms with Gasteiger partial charge in [0.15, 0.2) is 0 Å². The van der Waals surface area contributed by atoms with Crippen molar-refractivity contribution < 1.29 is 9.90 Å². The monoisotopic (exact) mass is 290 g/mol. The number of hydrogen-bond donors (Lipinski definition) is 1. The molecule has 13 heavy (non-hydrogen) atoms. The second kappa shape index (κ2) is 4.09. The van der Waals surface area contributed by atoms with Gasteiger partial charge in [0, 0.05) is 3.57 Å². The van der Waals surface area contributed by atoms with E-state index in [1.54, 1.807) is 6.07 Å². The molecule has 0 heterocycles. The molecule has 2 nitrogen and oxygen atoms in total. The SMILES string of the molecule is CC(C)c1ccc(C(=O)O)c(I)c1. The average molecular weight is 290 g/mol. The largest absolute Gasteiger partial charge is 0.478 e. The number of hydrogen-bond acceptors (Lipinski definition) is 1. The zero-order valence-corrected chi connectivity index (χ0v) is 9.70. The highest BCUT2D eigenvalue weighted by Crippen LogP contribution is 2.20. The molecule has 0 atom stereocenters. The first-order valence-electron chi connectivity index (χ1n) is 4.05. The van der Waals surface area contributed by atoms with E-state index < -0.39 is 5.97 Å². The highest BCUT2D eigenvalue weighted by atomic mass is 127. The molecule has 0 amide bonds. The molecule has 0 bridgehead atoms. The van der Waals surface area contributed by atoms with Crippen molar-refractivity contribution in [1.82, 2.24) is 0 Å². The molecule has 0 radical (unpaired) electrons. The molecule has 0 aliphatic rings. The molecule has 0 saturated heterocycles. The van der Waals surface area contributed by atoms with Crippen molar-refractivity contribution in [3.8, 4) is 0 Å². The van der Waals surface area contributed by atoms with Crippen molar-refractivity contribution >= 4 is 28.6 Å². The fourth-order valence-corrected chi connectivity index (χ4v) is 1.83. The van der Waals surface area contributed by atoms with Gasteiger partial charge in [-0.3, -0.25) is 0 Å². The van der Waals surface area contributed by atoms with Crippen LogP contribution in [0.3, 0.4) is 0 Å². The predicted molar refractivity (Wildman–Crippen MR) is 60.2 cm³/mol. The third-order valence-corrected chi connectivity index (χ3v) is 2.78. The van der Waals surface area contributed by atoms with Gasteiger partial charge in [-0.15, -0.1) is 0 Å². The van der Waals surface area contributed by atoms with Gasteiger partial charge in [0.1, 0.15) is 0 Å². The van der Waals surface area contributed by atoms with Crippen molar-refractivity contribution in [3.05, 3.63) is 32.9 Å². The summed E-state index contributed by atoms with van der Waals surface area (Å²) in [5.74, 6) is -0.420. The van der Waals surface area contributed by atoms with Crippen molar-refractivity contribution in [2.75, 3.05) is 0 Å². The molecular weight excluding hydrogens is 279 g/mol. The summed E-state index contributed by atoms with van der Waals surface area (Å²) in [4.78, 5) is 10.7. The Kier molecular flexibility index (Phi) is 3.30. The number of carboxylic acid groups (broad SMARTS) is 1. The summed E-state index contributed by atoms with van der Waals surface area (Å²) >= 11 is 2.05. The Labute approximate surface area is 91.1 Å². The van der Waals surface area contributed by atoms with Gasteiger partial charge in [-0.05, 0) is 46.2 Å². The molecule has 0 aliphatic heterocycles. The maximum Gasteiger partial charge on any atom is 0.336 e. The molecule has 1 N–H and O–H groups in total. The van der Waals surface area contributed by atoms with E-state index >= 15 is 0 Å². The number of carboxylic acids is 1. The predicted octanol–water partition coefficient (Wildman–Crippen LogP) is 3.11. The molecule has 3 heteroatoms. The summed E-state index contributed by atoms with van der Waals surface area (Å²) < 4.78 is 0.802. The van der Waals surface area contributed by atoms with Gasteiger partial charge in [0.2, 0.25) is 0 Å². The molecule has 0 saturated carbocycles. The Morgan fingerprint density at radius 1 is 1.46 bits per heavy atom. The Morgan fingerprint density at radius 3 is 2.46 bits per heavy atom. The zero-order chi connectivity index (χ0) is 10.0. The average Bonchev–Trinajstić information content (AvgIpc) is 2.03. The lowest BCUT2D eigenvalue weighted by Crippen LogP contribution is -2.00. The molecule has 1 aromatic carbocycles. The lowest BCUT2D eigenvalue weighted by Gasteiger charge is -2.06. The van der Waals surface area contributed by atoms with Crippen LogP contribution in [0.4, 0.5) is 0 Å². The Hall–Kier alpha value is -0.580. The van der Waals surface area contributed by atoms with Crippen LogP contribution < -0.4 is 0 Å². The molecular formula is C10H11IO2. The van der Waals surface area contributed by atoms with Crippen LogP contribution in [-0.4, -0.2) is 11.1 Å². The molecule has 70 valence electrons. The van der Waals surface area contributed by atoms with Crippen LogP contribution in [0.25, 0.3) is 0 Å². The van der Waals surface area contributed by atoms with Gasteiger partial charge in [0.25, 0.3) is 0 Å². The Morgan fingerprint density at radius 2 is 2.08 bits per heavy atom. The number of carbonyl (C=O) groups is 1. The number of halogens is 1.